The number of phenolic OH excluding ortho intramolecular Hbond substituents is 1. The molecule has 4 rings (SSSR count). The Balaban J connectivity index is 1.44. The molecule has 156 valence electrons. The van der Waals surface area contributed by atoms with Gasteiger partial charge >= 0.3 is 0 Å². The molecule has 0 bridgehead atoms. The number of hydrogen-bond donors (Lipinski definition) is 1. The first-order valence-electron chi connectivity index (χ1n) is 9.57. The van der Waals surface area contributed by atoms with Crippen LogP contribution in [-0.2, 0) is 9.84 Å². The molecule has 0 radical (unpaired) electrons. The van der Waals surface area contributed by atoms with Crippen molar-refractivity contribution in [2.24, 2.45) is 0 Å². The van der Waals surface area contributed by atoms with Crippen LogP contribution in [0.2, 0.25) is 0 Å². The summed E-state index contributed by atoms with van der Waals surface area (Å²) < 4.78 is 31.4. The first-order valence-corrected chi connectivity index (χ1v) is 11.9. The van der Waals surface area contributed by atoms with Crippen LogP contribution in [-0.4, -0.2) is 13.5 Å². The fourth-order valence-electron chi connectivity index (χ4n) is 2.90. The molecule has 31 heavy (non-hydrogen) atoms. The van der Waals surface area contributed by atoms with Gasteiger partial charge in [-0.25, -0.2) is 8.42 Å². The predicted molar refractivity (Wildman–Crippen MR) is 122 cm³/mol. The largest absolute Gasteiger partial charge is 0.508 e. The topological polar surface area (TPSA) is 63.6 Å². The SMILES string of the molecule is Cc1ccc(S(=O)(=O)c2ccc(Oc3ccc(Sc4ccc(O)cc4)cc3)cc2)cc1. The minimum atomic E-state index is -3.56. The van der Waals surface area contributed by atoms with Crippen molar-refractivity contribution in [3.8, 4) is 17.2 Å². The Bertz CT molecular complexity index is 1260. The maximum absolute atomic E-state index is 12.8. The molecular formula is C25H20O4S2. The molecule has 0 atom stereocenters. The third-order valence-electron chi connectivity index (χ3n) is 4.60. The number of aromatic hydroxyl groups is 1. The van der Waals surface area contributed by atoms with Crippen LogP contribution >= 0.6 is 11.8 Å². The van der Waals surface area contributed by atoms with Crippen molar-refractivity contribution in [3.05, 3.63) is 103 Å². The Kier molecular flexibility index (Phi) is 6.02. The highest BCUT2D eigenvalue weighted by Crippen LogP contribution is 2.31. The highest BCUT2D eigenvalue weighted by Gasteiger charge is 2.17. The van der Waals surface area contributed by atoms with Crippen LogP contribution in [0.3, 0.4) is 0 Å². The number of rotatable bonds is 6. The lowest BCUT2D eigenvalue weighted by Crippen LogP contribution is -2.01. The number of sulfone groups is 1. The van der Waals surface area contributed by atoms with Gasteiger partial charge < -0.3 is 9.84 Å². The summed E-state index contributed by atoms with van der Waals surface area (Å²) in [5.41, 5.74) is 1.01. The quantitative estimate of drug-likeness (QED) is 0.366. The van der Waals surface area contributed by atoms with Gasteiger partial charge in [0.25, 0.3) is 0 Å². The highest BCUT2D eigenvalue weighted by molar-refractivity contribution is 7.99. The van der Waals surface area contributed by atoms with Gasteiger partial charge in [0.1, 0.15) is 17.2 Å². The van der Waals surface area contributed by atoms with Gasteiger partial charge in [-0.3, -0.25) is 0 Å². The molecule has 0 aromatic heterocycles. The number of aryl methyl sites for hydroxylation is 1. The molecule has 0 unspecified atom stereocenters. The van der Waals surface area contributed by atoms with Crippen LogP contribution in [0, 0.1) is 6.92 Å². The maximum atomic E-state index is 12.8. The van der Waals surface area contributed by atoms with Crippen LogP contribution in [0.1, 0.15) is 5.56 Å². The Morgan fingerprint density at radius 2 is 1.06 bits per heavy atom. The summed E-state index contributed by atoms with van der Waals surface area (Å²) >= 11 is 1.58. The van der Waals surface area contributed by atoms with E-state index in [4.69, 9.17) is 4.74 Å². The second kappa shape index (κ2) is 8.88. The van der Waals surface area contributed by atoms with E-state index in [1.807, 2.05) is 43.3 Å². The lowest BCUT2D eigenvalue weighted by Gasteiger charge is -2.09. The average Bonchev–Trinajstić information content (AvgIpc) is 2.77. The maximum Gasteiger partial charge on any atom is 0.206 e. The molecule has 4 aromatic rings. The molecule has 6 heteroatoms. The molecule has 4 aromatic carbocycles. The van der Waals surface area contributed by atoms with Gasteiger partial charge in [-0.1, -0.05) is 29.5 Å². The summed E-state index contributed by atoms with van der Waals surface area (Å²) in [6.07, 6.45) is 0. The molecule has 1 N–H and O–H groups in total. The van der Waals surface area contributed by atoms with Crippen molar-refractivity contribution in [1.82, 2.24) is 0 Å². The highest BCUT2D eigenvalue weighted by atomic mass is 32.2. The van der Waals surface area contributed by atoms with Gasteiger partial charge in [0, 0.05) is 9.79 Å². The molecule has 0 heterocycles. The molecule has 0 aliphatic carbocycles. The van der Waals surface area contributed by atoms with Crippen LogP contribution in [0.4, 0.5) is 0 Å². The summed E-state index contributed by atoms with van der Waals surface area (Å²) in [5.74, 6) is 1.46. The van der Waals surface area contributed by atoms with Crippen molar-refractivity contribution in [2.75, 3.05) is 0 Å². The Hall–Kier alpha value is -3.22. The summed E-state index contributed by atoms with van der Waals surface area (Å²) in [7, 11) is -3.56. The second-order valence-electron chi connectivity index (χ2n) is 6.96. The number of benzene rings is 4. The molecule has 0 saturated heterocycles. The standard InChI is InChI=1S/C25H20O4S2/c1-18-2-14-24(15-3-18)31(27,28)25-16-8-21(9-17-25)29-20-6-12-23(13-7-20)30-22-10-4-19(26)5-11-22/h2-17,26H,1H3. The smallest absolute Gasteiger partial charge is 0.206 e. The zero-order chi connectivity index (χ0) is 21.8. The van der Waals surface area contributed by atoms with Crippen molar-refractivity contribution in [2.45, 2.75) is 26.5 Å². The summed E-state index contributed by atoms with van der Waals surface area (Å²) in [6, 6.07) is 27.9. The first-order chi connectivity index (χ1) is 14.9. The fourth-order valence-corrected chi connectivity index (χ4v) is 4.98. The first kappa shape index (κ1) is 21.0. The van der Waals surface area contributed by atoms with Gasteiger partial charge in [0.05, 0.1) is 9.79 Å². The van der Waals surface area contributed by atoms with E-state index in [2.05, 4.69) is 0 Å². The Labute approximate surface area is 186 Å². The van der Waals surface area contributed by atoms with Crippen LogP contribution in [0.15, 0.2) is 117 Å². The van der Waals surface area contributed by atoms with Crippen molar-refractivity contribution < 1.29 is 18.3 Å². The van der Waals surface area contributed by atoms with Gasteiger partial charge in [0.15, 0.2) is 0 Å². The van der Waals surface area contributed by atoms with Gasteiger partial charge in [-0.05, 0) is 91.9 Å². The second-order valence-corrected chi connectivity index (χ2v) is 10.1. The van der Waals surface area contributed by atoms with E-state index in [-0.39, 0.29) is 15.5 Å². The minimum Gasteiger partial charge on any atom is -0.508 e. The summed E-state index contributed by atoms with van der Waals surface area (Å²) in [6.45, 7) is 1.92. The van der Waals surface area contributed by atoms with Crippen molar-refractivity contribution >= 4 is 21.6 Å². The monoisotopic (exact) mass is 448 g/mol. The van der Waals surface area contributed by atoms with Crippen molar-refractivity contribution in [1.29, 1.82) is 0 Å². The molecular weight excluding hydrogens is 428 g/mol. The van der Waals surface area contributed by atoms with Gasteiger partial charge in [-0.15, -0.1) is 0 Å². The minimum absolute atomic E-state index is 0.226. The normalized spacial score (nSPS) is 11.3. The van der Waals surface area contributed by atoms with E-state index >= 15 is 0 Å². The summed E-state index contributed by atoms with van der Waals surface area (Å²) in [5, 5.41) is 9.37. The zero-order valence-electron chi connectivity index (χ0n) is 16.7. The molecule has 0 amide bonds. The van der Waals surface area contributed by atoms with E-state index in [9.17, 15) is 13.5 Å². The van der Waals surface area contributed by atoms with Crippen LogP contribution in [0.5, 0.6) is 17.2 Å². The van der Waals surface area contributed by atoms with Gasteiger partial charge in [-0.2, -0.15) is 0 Å². The lowest BCUT2D eigenvalue weighted by molar-refractivity contribution is 0.475. The molecule has 0 aliphatic heterocycles. The molecule has 0 aliphatic rings. The number of phenols is 1. The van der Waals surface area contributed by atoms with Crippen LogP contribution in [0.25, 0.3) is 0 Å². The number of hydrogen-bond acceptors (Lipinski definition) is 5. The average molecular weight is 449 g/mol. The van der Waals surface area contributed by atoms with E-state index in [1.165, 1.54) is 0 Å². The van der Waals surface area contributed by atoms with Crippen molar-refractivity contribution in [3.63, 3.8) is 0 Å². The van der Waals surface area contributed by atoms with Gasteiger partial charge in [0.2, 0.25) is 9.84 Å². The summed E-state index contributed by atoms with van der Waals surface area (Å²) in [4.78, 5) is 2.56. The van der Waals surface area contributed by atoms with E-state index in [0.29, 0.717) is 11.5 Å². The molecule has 4 nitrogen and oxygen atoms in total. The fraction of sp³-hybridized carbons (Fsp3) is 0.0400. The lowest BCUT2D eigenvalue weighted by atomic mass is 10.2. The van der Waals surface area contributed by atoms with Crippen LogP contribution < -0.4 is 4.74 Å². The number of ether oxygens (including phenoxy) is 1. The molecule has 0 spiro atoms. The Morgan fingerprint density at radius 1 is 0.645 bits per heavy atom. The van der Waals surface area contributed by atoms with E-state index in [0.717, 1.165) is 15.4 Å². The molecule has 0 saturated carbocycles. The predicted octanol–water partition coefficient (Wildman–Crippen LogP) is 6.48. The van der Waals surface area contributed by atoms with E-state index in [1.54, 1.807) is 72.4 Å². The Morgan fingerprint density at radius 3 is 1.58 bits per heavy atom. The zero-order valence-corrected chi connectivity index (χ0v) is 18.4. The third-order valence-corrected chi connectivity index (χ3v) is 7.40. The molecule has 0 fully saturated rings. The van der Waals surface area contributed by atoms with E-state index < -0.39 is 9.84 Å². The third kappa shape index (κ3) is 5.10.